The van der Waals surface area contributed by atoms with Crippen LogP contribution in [0.5, 0.6) is 0 Å². The van der Waals surface area contributed by atoms with Gasteiger partial charge in [-0.2, -0.15) is 0 Å². The van der Waals surface area contributed by atoms with Gasteiger partial charge in [0.25, 0.3) is 5.91 Å². The zero-order valence-corrected chi connectivity index (χ0v) is 12.5. The summed E-state index contributed by atoms with van der Waals surface area (Å²) < 4.78 is 0. The largest absolute Gasteiger partial charge is 0.396 e. The normalized spacial score (nSPS) is 22.2. The summed E-state index contributed by atoms with van der Waals surface area (Å²) in [5, 5.41) is 2.96. The molecule has 1 aromatic rings. The van der Waals surface area contributed by atoms with Crippen LogP contribution >= 0.6 is 0 Å². The molecular formula is C15H24N4O. The third-order valence-corrected chi connectivity index (χ3v) is 3.92. The summed E-state index contributed by atoms with van der Waals surface area (Å²) in [6.45, 7) is 6.96. The molecule has 1 saturated carbocycles. The minimum absolute atomic E-state index is 0.179. The molecule has 0 spiro atoms. The Bertz CT molecular complexity index is 487. The summed E-state index contributed by atoms with van der Waals surface area (Å²) in [6, 6.07) is 0. The van der Waals surface area contributed by atoms with Crippen molar-refractivity contribution in [3.8, 4) is 0 Å². The Balaban J connectivity index is 1.99. The Morgan fingerprint density at radius 2 is 2.25 bits per heavy atom. The van der Waals surface area contributed by atoms with Crippen molar-refractivity contribution in [2.24, 2.45) is 11.8 Å². The lowest BCUT2D eigenvalue weighted by Crippen LogP contribution is -2.30. The van der Waals surface area contributed by atoms with Crippen molar-refractivity contribution in [3.63, 3.8) is 0 Å². The SMILES string of the molecule is CC1CCC(CNC(=O)c2nc(C(C)C)ncc2N)C1. The van der Waals surface area contributed by atoms with Crippen LogP contribution in [0.3, 0.4) is 0 Å². The second-order valence-electron chi connectivity index (χ2n) is 6.18. The van der Waals surface area contributed by atoms with Gasteiger partial charge in [-0.1, -0.05) is 27.2 Å². The molecule has 0 bridgehead atoms. The van der Waals surface area contributed by atoms with Gasteiger partial charge >= 0.3 is 0 Å². The van der Waals surface area contributed by atoms with Gasteiger partial charge in [-0.3, -0.25) is 4.79 Å². The Morgan fingerprint density at radius 1 is 1.50 bits per heavy atom. The van der Waals surface area contributed by atoms with Crippen molar-refractivity contribution in [1.29, 1.82) is 0 Å². The van der Waals surface area contributed by atoms with Crippen LogP contribution in [0.1, 0.15) is 62.3 Å². The van der Waals surface area contributed by atoms with Gasteiger partial charge in [0.2, 0.25) is 0 Å². The number of aromatic nitrogens is 2. The molecule has 0 saturated heterocycles. The highest BCUT2D eigenvalue weighted by molar-refractivity contribution is 5.96. The molecule has 1 amide bonds. The lowest BCUT2D eigenvalue weighted by atomic mass is 10.1. The number of nitrogens with two attached hydrogens (primary N) is 1. The van der Waals surface area contributed by atoms with E-state index in [-0.39, 0.29) is 11.8 Å². The van der Waals surface area contributed by atoms with E-state index in [9.17, 15) is 4.79 Å². The van der Waals surface area contributed by atoms with Crippen LogP contribution in [-0.2, 0) is 0 Å². The summed E-state index contributed by atoms with van der Waals surface area (Å²) in [4.78, 5) is 20.6. The van der Waals surface area contributed by atoms with Gasteiger partial charge in [0.05, 0.1) is 11.9 Å². The van der Waals surface area contributed by atoms with E-state index in [0.29, 0.717) is 29.7 Å². The number of anilines is 1. The molecular weight excluding hydrogens is 252 g/mol. The second-order valence-corrected chi connectivity index (χ2v) is 6.18. The van der Waals surface area contributed by atoms with E-state index in [1.54, 1.807) is 0 Å². The number of hydrogen-bond acceptors (Lipinski definition) is 4. The minimum atomic E-state index is -0.189. The van der Waals surface area contributed by atoms with Gasteiger partial charge in [0.1, 0.15) is 5.82 Å². The number of nitrogen functional groups attached to an aromatic ring is 1. The second kappa shape index (κ2) is 6.20. The number of rotatable bonds is 4. The number of carbonyl (C=O) groups excluding carboxylic acids is 1. The van der Waals surface area contributed by atoms with E-state index >= 15 is 0 Å². The molecule has 20 heavy (non-hydrogen) atoms. The maximum absolute atomic E-state index is 12.2. The fourth-order valence-corrected chi connectivity index (χ4v) is 2.70. The summed E-state index contributed by atoms with van der Waals surface area (Å²) in [6.07, 6.45) is 5.16. The predicted octanol–water partition coefficient (Wildman–Crippen LogP) is 2.35. The highest BCUT2D eigenvalue weighted by atomic mass is 16.1. The Kier molecular flexibility index (Phi) is 4.57. The van der Waals surface area contributed by atoms with Crippen molar-refractivity contribution < 1.29 is 4.79 Å². The Labute approximate surface area is 120 Å². The predicted molar refractivity (Wildman–Crippen MR) is 79.4 cm³/mol. The van der Waals surface area contributed by atoms with E-state index in [1.165, 1.54) is 25.5 Å². The number of amides is 1. The van der Waals surface area contributed by atoms with Crippen LogP contribution in [0.2, 0.25) is 0 Å². The summed E-state index contributed by atoms with van der Waals surface area (Å²) in [5.41, 5.74) is 6.45. The van der Waals surface area contributed by atoms with Gasteiger partial charge in [-0.05, 0) is 24.7 Å². The average Bonchev–Trinajstić information content (AvgIpc) is 2.82. The fourth-order valence-electron chi connectivity index (χ4n) is 2.70. The number of nitrogens with one attached hydrogen (secondary N) is 1. The van der Waals surface area contributed by atoms with Crippen LogP contribution in [0, 0.1) is 11.8 Å². The van der Waals surface area contributed by atoms with Crippen molar-refractivity contribution in [3.05, 3.63) is 17.7 Å². The first-order valence-electron chi connectivity index (χ1n) is 7.38. The van der Waals surface area contributed by atoms with E-state index in [2.05, 4.69) is 22.2 Å². The molecule has 2 atom stereocenters. The van der Waals surface area contributed by atoms with Crippen molar-refractivity contribution in [2.45, 2.75) is 46.0 Å². The van der Waals surface area contributed by atoms with Gasteiger partial charge in [0, 0.05) is 12.5 Å². The van der Waals surface area contributed by atoms with Crippen LogP contribution in [0.15, 0.2) is 6.20 Å². The molecule has 1 aromatic heterocycles. The molecule has 5 heteroatoms. The lowest BCUT2D eigenvalue weighted by Gasteiger charge is -2.12. The van der Waals surface area contributed by atoms with Crippen molar-refractivity contribution in [1.82, 2.24) is 15.3 Å². The monoisotopic (exact) mass is 276 g/mol. The summed E-state index contributed by atoms with van der Waals surface area (Å²) in [7, 11) is 0. The Hall–Kier alpha value is -1.65. The highest BCUT2D eigenvalue weighted by Crippen LogP contribution is 2.29. The molecule has 2 unspecified atom stereocenters. The summed E-state index contributed by atoms with van der Waals surface area (Å²) in [5.74, 6) is 2.00. The van der Waals surface area contributed by atoms with E-state index in [4.69, 9.17) is 5.73 Å². The number of hydrogen-bond donors (Lipinski definition) is 2. The molecule has 1 fully saturated rings. The third-order valence-electron chi connectivity index (χ3n) is 3.92. The number of nitrogens with zero attached hydrogens (tertiary/aromatic N) is 2. The van der Waals surface area contributed by atoms with Crippen LogP contribution in [0.4, 0.5) is 5.69 Å². The van der Waals surface area contributed by atoms with Crippen LogP contribution in [0.25, 0.3) is 0 Å². The molecule has 1 heterocycles. The molecule has 2 rings (SSSR count). The van der Waals surface area contributed by atoms with E-state index in [1.807, 2.05) is 13.8 Å². The third kappa shape index (κ3) is 3.46. The molecule has 0 radical (unpaired) electrons. The quantitative estimate of drug-likeness (QED) is 0.884. The minimum Gasteiger partial charge on any atom is -0.396 e. The van der Waals surface area contributed by atoms with Crippen LogP contribution < -0.4 is 11.1 Å². The van der Waals surface area contributed by atoms with E-state index < -0.39 is 0 Å². The average molecular weight is 276 g/mol. The van der Waals surface area contributed by atoms with Gasteiger partial charge < -0.3 is 11.1 Å². The Morgan fingerprint density at radius 3 is 2.85 bits per heavy atom. The maximum Gasteiger partial charge on any atom is 0.272 e. The van der Waals surface area contributed by atoms with Crippen LogP contribution in [-0.4, -0.2) is 22.4 Å². The first-order chi connectivity index (χ1) is 9.47. The zero-order valence-electron chi connectivity index (χ0n) is 12.5. The molecule has 0 aliphatic heterocycles. The topological polar surface area (TPSA) is 80.9 Å². The highest BCUT2D eigenvalue weighted by Gasteiger charge is 2.22. The molecule has 1 aliphatic carbocycles. The standard InChI is InChI=1S/C15H24N4O/c1-9(2)14-17-8-12(16)13(19-14)15(20)18-7-11-5-4-10(3)6-11/h8-11H,4-7,16H2,1-3H3,(H,18,20). The fraction of sp³-hybridized carbons (Fsp3) is 0.667. The van der Waals surface area contributed by atoms with Gasteiger partial charge in [-0.25, -0.2) is 9.97 Å². The van der Waals surface area contributed by atoms with E-state index in [0.717, 1.165) is 5.92 Å². The lowest BCUT2D eigenvalue weighted by molar-refractivity contribution is 0.0942. The molecule has 110 valence electrons. The maximum atomic E-state index is 12.2. The number of carbonyl (C=O) groups is 1. The molecule has 1 aliphatic rings. The molecule has 0 aromatic carbocycles. The first-order valence-corrected chi connectivity index (χ1v) is 7.38. The summed E-state index contributed by atoms with van der Waals surface area (Å²) >= 11 is 0. The molecule has 5 nitrogen and oxygen atoms in total. The van der Waals surface area contributed by atoms with Crippen molar-refractivity contribution >= 4 is 11.6 Å². The van der Waals surface area contributed by atoms with Gasteiger partial charge in [0.15, 0.2) is 5.69 Å². The zero-order chi connectivity index (χ0) is 14.7. The van der Waals surface area contributed by atoms with Gasteiger partial charge in [-0.15, -0.1) is 0 Å². The molecule has 3 N–H and O–H groups in total. The first kappa shape index (κ1) is 14.8. The van der Waals surface area contributed by atoms with Crippen molar-refractivity contribution in [2.75, 3.05) is 12.3 Å². The smallest absolute Gasteiger partial charge is 0.272 e.